The van der Waals surface area contributed by atoms with Gasteiger partial charge in [-0.3, -0.25) is 0 Å². The van der Waals surface area contributed by atoms with Gasteiger partial charge in [0.25, 0.3) is 0 Å². The van der Waals surface area contributed by atoms with Crippen LogP contribution in [0.25, 0.3) is 0 Å². The minimum absolute atomic E-state index is 0.632. The number of nitrogens with zero attached hydrogens (tertiary/aromatic N) is 4. The summed E-state index contributed by atoms with van der Waals surface area (Å²) < 4.78 is 5.40. The molecular formula is C18H23N5O. The predicted octanol–water partition coefficient (Wildman–Crippen LogP) is 2.66. The van der Waals surface area contributed by atoms with Crippen molar-refractivity contribution in [1.29, 1.82) is 0 Å². The Labute approximate surface area is 142 Å². The van der Waals surface area contributed by atoms with E-state index in [9.17, 15) is 0 Å². The topological polar surface area (TPSA) is 53.5 Å². The van der Waals surface area contributed by atoms with Gasteiger partial charge in [0.15, 0.2) is 0 Å². The summed E-state index contributed by atoms with van der Waals surface area (Å²) in [6.45, 7) is 5.59. The van der Waals surface area contributed by atoms with Crippen LogP contribution in [0.4, 0.5) is 23.1 Å². The van der Waals surface area contributed by atoms with Gasteiger partial charge in [-0.05, 0) is 43.2 Å². The Morgan fingerprint density at radius 2 is 1.62 bits per heavy atom. The van der Waals surface area contributed by atoms with Gasteiger partial charge >= 0.3 is 0 Å². The zero-order valence-corrected chi connectivity index (χ0v) is 13.8. The second-order valence-corrected chi connectivity index (χ2v) is 6.20. The number of benzene rings is 1. The van der Waals surface area contributed by atoms with E-state index in [-0.39, 0.29) is 0 Å². The number of hydrogen-bond acceptors (Lipinski definition) is 6. The fourth-order valence-electron chi connectivity index (χ4n) is 3.24. The van der Waals surface area contributed by atoms with E-state index in [4.69, 9.17) is 4.74 Å². The van der Waals surface area contributed by atoms with Crippen molar-refractivity contribution in [1.82, 2.24) is 9.97 Å². The van der Waals surface area contributed by atoms with Gasteiger partial charge < -0.3 is 19.9 Å². The van der Waals surface area contributed by atoms with Crippen molar-refractivity contribution < 1.29 is 4.74 Å². The Hall–Kier alpha value is -2.34. The first-order chi connectivity index (χ1) is 11.9. The molecule has 6 nitrogen and oxygen atoms in total. The fraction of sp³-hybridized carbons (Fsp3) is 0.444. The SMILES string of the molecule is c1cc(N2CCOCC2)nc(Nc2ccc(N3CCCC3)cc2)n1. The highest BCUT2D eigenvalue weighted by Crippen LogP contribution is 2.23. The van der Waals surface area contributed by atoms with Crippen LogP contribution in [0.5, 0.6) is 0 Å². The Morgan fingerprint density at radius 1 is 0.875 bits per heavy atom. The molecule has 0 aliphatic carbocycles. The van der Waals surface area contributed by atoms with E-state index in [2.05, 4.69) is 49.4 Å². The number of aromatic nitrogens is 2. The first-order valence-corrected chi connectivity index (χ1v) is 8.66. The van der Waals surface area contributed by atoms with Crippen LogP contribution in [0.1, 0.15) is 12.8 Å². The average Bonchev–Trinajstić information content (AvgIpc) is 3.18. The lowest BCUT2D eigenvalue weighted by Gasteiger charge is -2.27. The van der Waals surface area contributed by atoms with Crippen molar-refractivity contribution >= 4 is 23.1 Å². The summed E-state index contributed by atoms with van der Waals surface area (Å²) in [5, 5.41) is 3.30. The van der Waals surface area contributed by atoms with Crippen molar-refractivity contribution in [2.75, 3.05) is 54.5 Å². The molecule has 4 rings (SSSR count). The maximum atomic E-state index is 5.40. The summed E-state index contributed by atoms with van der Waals surface area (Å²) in [6.07, 6.45) is 4.39. The van der Waals surface area contributed by atoms with Crippen molar-refractivity contribution in [3.63, 3.8) is 0 Å². The third kappa shape index (κ3) is 3.43. The molecule has 2 saturated heterocycles. The Kier molecular flexibility index (Phi) is 4.46. The molecule has 126 valence electrons. The maximum absolute atomic E-state index is 5.40. The van der Waals surface area contributed by atoms with Gasteiger partial charge in [0, 0.05) is 43.8 Å². The Bertz CT molecular complexity index is 663. The van der Waals surface area contributed by atoms with Crippen LogP contribution < -0.4 is 15.1 Å². The van der Waals surface area contributed by atoms with Gasteiger partial charge in [0.2, 0.25) is 5.95 Å². The Morgan fingerprint density at radius 3 is 2.38 bits per heavy atom. The lowest BCUT2D eigenvalue weighted by atomic mass is 10.2. The quantitative estimate of drug-likeness (QED) is 0.933. The van der Waals surface area contributed by atoms with Crippen molar-refractivity contribution in [3.05, 3.63) is 36.5 Å². The van der Waals surface area contributed by atoms with E-state index in [0.717, 1.165) is 50.9 Å². The van der Waals surface area contributed by atoms with Crippen LogP contribution in [-0.4, -0.2) is 49.4 Å². The lowest BCUT2D eigenvalue weighted by molar-refractivity contribution is 0.122. The van der Waals surface area contributed by atoms with Gasteiger partial charge in [-0.25, -0.2) is 4.98 Å². The van der Waals surface area contributed by atoms with E-state index in [1.165, 1.54) is 18.5 Å². The molecule has 2 aliphatic heterocycles. The summed E-state index contributed by atoms with van der Waals surface area (Å²) in [5.41, 5.74) is 2.30. The zero-order valence-electron chi connectivity index (χ0n) is 13.8. The normalized spacial score (nSPS) is 18.0. The highest BCUT2D eigenvalue weighted by molar-refractivity contribution is 5.60. The molecule has 0 unspecified atom stereocenters. The third-order valence-corrected chi connectivity index (χ3v) is 4.57. The molecule has 2 fully saturated rings. The number of hydrogen-bond donors (Lipinski definition) is 1. The molecule has 24 heavy (non-hydrogen) atoms. The van der Waals surface area contributed by atoms with E-state index >= 15 is 0 Å². The summed E-state index contributed by atoms with van der Waals surface area (Å²) in [7, 11) is 0. The minimum atomic E-state index is 0.632. The van der Waals surface area contributed by atoms with E-state index in [0.29, 0.717) is 5.95 Å². The number of nitrogens with one attached hydrogen (secondary N) is 1. The molecule has 3 heterocycles. The fourth-order valence-corrected chi connectivity index (χ4v) is 3.24. The standard InChI is InChI=1S/C18H23N5O/c1-2-10-22(9-1)16-5-3-15(4-6-16)20-18-19-8-7-17(21-18)23-11-13-24-14-12-23/h3-8H,1-2,9-14H2,(H,19,20,21). The van der Waals surface area contributed by atoms with Crippen LogP contribution in [0.2, 0.25) is 0 Å². The van der Waals surface area contributed by atoms with Crippen molar-refractivity contribution in [2.45, 2.75) is 12.8 Å². The van der Waals surface area contributed by atoms with Crippen LogP contribution in [0, 0.1) is 0 Å². The molecule has 0 radical (unpaired) electrons. The molecular weight excluding hydrogens is 302 g/mol. The Balaban J connectivity index is 1.44. The highest BCUT2D eigenvalue weighted by atomic mass is 16.5. The van der Waals surface area contributed by atoms with Crippen LogP contribution in [0.3, 0.4) is 0 Å². The summed E-state index contributed by atoms with van der Waals surface area (Å²) in [6, 6.07) is 10.5. The molecule has 0 amide bonds. The largest absolute Gasteiger partial charge is 0.378 e. The molecule has 2 aromatic rings. The van der Waals surface area contributed by atoms with Crippen LogP contribution in [0.15, 0.2) is 36.5 Å². The number of anilines is 4. The van der Waals surface area contributed by atoms with Gasteiger partial charge in [0.1, 0.15) is 5.82 Å². The monoisotopic (exact) mass is 325 g/mol. The summed E-state index contributed by atoms with van der Waals surface area (Å²) in [5.74, 6) is 1.58. The second-order valence-electron chi connectivity index (χ2n) is 6.20. The molecule has 1 aromatic heterocycles. The van der Waals surface area contributed by atoms with Gasteiger partial charge in [-0.15, -0.1) is 0 Å². The molecule has 0 bridgehead atoms. The molecule has 1 aromatic carbocycles. The van der Waals surface area contributed by atoms with Crippen LogP contribution >= 0.6 is 0 Å². The first-order valence-electron chi connectivity index (χ1n) is 8.66. The van der Waals surface area contributed by atoms with Crippen molar-refractivity contribution in [3.8, 4) is 0 Å². The molecule has 0 spiro atoms. The molecule has 0 atom stereocenters. The van der Waals surface area contributed by atoms with E-state index in [1.807, 2.05) is 6.07 Å². The first kappa shape index (κ1) is 15.2. The number of morpholine rings is 1. The van der Waals surface area contributed by atoms with E-state index < -0.39 is 0 Å². The molecule has 6 heteroatoms. The highest BCUT2D eigenvalue weighted by Gasteiger charge is 2.14. The molecule has 0 saturated carbocycles. The van der Waals surface area contributed by atoms with Gasteiger partial charge in [0.05, 0.1) is 13.2 Å². The van der Waals surface area contributed by atoms with Gasteiger partial charge in [-0.2, -0.15) is 4.98 Å². The van der Waals surface area contributed by atoms with Crippen LogP contribution in [-0.2, 0) is 4.74 Å². The van der Waals surface area contributed by atoms with E-state index in [1.54, 1.807) is 6.20 Å². The average molecular weight is 325 g/mol. The number of ether oxygens (including phenoxy) is 1. The predicted molar refractivity (Wildman–Crippen MR) is 96.2 cm³/mol. The zero-order chi connectivity index (χ0) is 16.2. The minimum Gasteiger partial charge on any atom is -0.378 e. The van der Waals surface area contributed by atoms with Crippen molar-refractivity contribution in [2.24, 2.45) is 0 Å². The summed E-state index contributed by atoms with van der Waals surface area (Å²) in [4.78, 5) is 13.6. The molecule has 2 aliphatic rings. The number of rotatable bonds is 4. The lowest BCUT2D eigenvalue weighted by Crippen LogP contribution is -2.36. The smallest absolute Gasteiger partial charge is 0.229 e. The maximum Gasteiger partial charge on any atom is 0.229 e. The third-order valence-electron chi connectivity index (χ3n) is 4.57. The summed E-state index contributed by atoms with van der Waals surface area (Å²) >= 11 is 0. The van der Waals surface area contributed by atoms with Gasteiger partial charge in [-0.1, -0.05) is 0 Å². The second kappa shape index (κ2) is 7.05. The molecule has 1 N–H and O–H groups in total.